The molecule has 1 rings (SSSR count). The molecule has 0 saturated heterocycles. The number of rotatable bonds is 5. The Morgan fingerprint density at radius 1 is 1.47 bits per heavy atom. The molecule has 92 valence electrons. The summed E-state index contributed by atoms with van der Waals surface area (Å²) >= 11 is 3.13. The van der Waals surface area contributed by atoms with Crippen molar-refractivity contribution in [1.29, 1.82) is 0 Å². The summed E-state index contributed by atoms with van der Waals surface area (Å²) in [4.78, 5) is 21.9. The van der Waals surface area contributed by atoms with Crippen LogP contribution in [0.25, 0.3) is 0 Å². The lowest BCUT2D eigenvalue weighted by Crippen LogP contribution is -2.30. The van der Waals surface area contributed by atoms with Crippen molar-refractivity contribution in [3.8, 4) is 0 Å². The van der Waals surface area contributed by atoms with Gasteiger partial charge in [0, 0.05) is 23.6 Å². The minimum Gasteiger partial charge on any atom is -0.351 e. The molecule has 0 radical (unpaired) electrons. The molecule has 0 aliphatic carbocycles. The van der Waals surface area contributed by atoms with Crippen molar-refractivity contribution in [2.45, 2.75) is 0 Å². The largest absolute Gasteiger partial charge is 0.351 e. The summed E-state index contributed by atoms with van der Waals surface area (Å²) in [6, 6.07) is 4.34. The fourth-order valence-corrected chi connectivity index (χ4v) is 1.59. The van der Waals surface area contributed by atoms with Crippen LogP contribution in [0.5, 0.6) is 0 Å². The first-order valence-corrected chi connectivity index (χ1v) is 5.72. The Kier molecular flexibility index (Phi) is 5.05. The van der Waals surface area contributed by atoms with Crippen LogP contribution < -0.4 is 10.6 Å². The topological polar surface area (TPSA) is 84.3 Å². The molecule has 17 heavy (non-hydrogen) atoms. The molecule has 0 unspecified atom stereocenters. The lowest BCUT2D eigenvalue weighted by atomic mass is 10.1. The Balaban J connectivity index is 2.89. The highest BCUT2D eigenvalue weighted by molar-refractivity contribution is 9.10. The van der Waals surface area contributed by atoms with Gasteiger partial charge in [-0.3, -0.25) is 14.9 Å². The van der Waals surface area contributed by atoms with E-state index in [0.717, 1.165) is 0 Å². The molecule has 2 N–H and O–H groups in total. The molecule has 0 atom stereocenters. The van der Waals surface area contributed by atoms with Gasteiger partial charge in [-0.15, -0.1) is 0 Å². The SMILES string of the molecule is CNCCNC(=O)c1ccc(Br)cc1[N+](=O)[O-]. The van der Waals surface area contributed by atoms with E-state index < -0.39 is 10.8 Å². The average molecular weight is 302 g/mol. The highest BCUT2D eigenvalue weighted by Crippen LogP contribution is 2.23. The first kappa shape index (κ1) is 13.6. The number of hydrogen-bond donors (Lipinski definition) is 2. The van der Waals surface area contributed by atoms with Crippen molar-refractivity contribution < 1.29 is 9.72 Å². The minimum atomic E-state index is -0.572. The maximum Gasteiger partial charge on any atom is 0.283 e. The predicted molar refractivity (Wildman–Crippen MR) is 67.1 cm³/mol. The second-order valence-corrected chi connectivity index (χ2v) is 4.19. The summed E-state index contributed by atoms with van der Waals surface area (Å²) in [6.07, 6.45) is 0. The number of hydrogen-bond acceptors (Lipinski definition) is 4. The molecular weight excluding hydrogens is 290 g/mol. The van der Waals surface area contributed by atoms with Crippen LogP contribution in [0, 0.1) is 10.1 Å². The minimum absolute atomic E-state index is 0.0642. The molecule has 0 aromatic heterocycles. The van der Waals surface area contributed by atoms with E-state index in [9.17, 15) is 14.9 Å². The highest BCUT2D eigenvalue weighted by Gasteiger charge is 2.19. The highest BCUT2D eigenvalue weighted by atomic mass is 79.9. The molecule has 7 heteroatoms. The van der Waals surface area contributed by atoms with Crippen molar-refractivity contribution in [2.24, 2.45) is 0 Å². The van der Waals surface area contributed by atoms with Crippen molar-refractivity contribution in [1.82, 2.24) is 10.6 Å². The third kappa shape index (κ3) is 3.79. The second-order valence-electron chi connectivity index (χ2n) is 3.28. The Morgan fingerprint density at radius 3 is 2.76 bits per heavy atom. The van der Waals surface area contributed by atoms with Crippen molar-refractivity contribution >= 4 is 27.5 Å². The van der Waals surface area contributed by atoms with Crippen LogP contribution in [0.3, 0.4) is 0 Å². The quantitative estimate of drug-likeness (QED) is 0.488. The number of benzene rings is 1. The fraction of sp³-hybridized carbons (Fsp3) is 0.300. The van der Waals surface area contributed by atoms with E-state index in [2.05, 4.69) is 26.6 Å². The van der Waals surface area contributed by atoms with Crippen molar-refractivity contribution in [3.63, 3.8) is 0 Å². The molecule has 1 amide bonds. The summed E-state index contributed by atoms with van der Waals surface area (Å²) in [5.74, 6) is -0.445. The van der Waals surface area contributed by atoms with Crippen LogP contribution in [-0.4, -0.2) is 31.0 Å². The lowest BCUT2D eigenvalue weighted by molar-refractivity contribution is -0.385. The lowest BCUT2D eigenvalue weighted by Gasteiger charge is -2.05. The van der Waals surface area contributed by atoms with Crippen LogP contribution in [0.4, 0.5) is 5.69 Å². The van der Waals surface area contributed by atoms with Gasteiger partial charge in [0.15, 0.2) is 0 Å². The Hall–Kier alpha value is -1.47. The van der Waals surface area contributed by atoms with E-state index >= 15 is 0 Å². The van der Waals surface area contributed by atoms with Crippen LogP contribution in [-0.2, 0) is 0 Å². The van der Waals surface area contributed by atoms with Crippen molar-refractivity contribution in [3.05, 3.63) is 38.3 Å². The zero-order valence-corrected chi connectivity index (χ0v) is 10.8. The molecule has 1 aromatic rings. The average Bonchev–Trinajstić information content (AvgIpc) is 2.29. The molecule has 6 nitrogen and oxygen atoms in total. The van der Waals surface area contributed by atoms with E-state index in [1.807, 2.05) is 0 Å². The van der Waals surface area contributed by atoms with E-state index in [4.69, 9.17) is 0 Å². The van der Waals surface area contributed by atoms with Crippen LogP contribution in [0.2, 0.25) is 0 Å². The molecule has 0 heterocycles. The number of nitro groups is 1. The molecule has 0 fully saturated rings. The number of carbonyl (C=O) groups excluding carboxylic acids is 1. The maximum atomic E-state index is 11.7. The summed E-state index contributed by atoms with van der Waals surface area (Å²) in [5.41, 5.74) is -0.143. The summed E-state index contributed by atoms with van der Waals surface area (Å²) in [6.45, 7) is 1.03. The molecule has 1 aromatic carbocycles. The van der Waals surface area contributed by atoms with Gasteiger partial charge in [0.2, 0.25) is 0 Å². The van der Waals surface area contributed by atoms with E-state index in [1.54, 1.807) is 13.1 Å². The normalized spacial score (nSPS) is 10.0. The molecule has 0 bridgehead atoms. The predicted octanol–water partition coefficient (Wildman–Crippen LogP) is 1.31. The van der Waals surface area contributed by atoms with Crippen molar-refractivity contribution in [2.75, 3.05) is 20.1 Å². The zero-order chi connectivity index (χ0) is 12.8. The number of likely N-dealkylation sites (N-methyl/N-ethyl adjacent to an activating group) is 1. The molecule has 0 aliphatic heterocycles. The van der Waals surface area contributed by atoms with Gasteiger partial charge in [-0.1, -0.05) is 15.9 Å². The molecule has 0 aliphatic rings. The standard InChI is InChI=1S/C10H12BrN3O3/c1-12-4-5-13-10(15)8-3-2-7(11)6-9(8)14(16)17/h2-3,6,12H,4-5H2,1H3,(H,13,15). The van der Waals surface area contributed by atoms with Gasteiger partial charge in [-0.25, -0.2) is 0 Å². The smallest absolute Gasteiger partial charge is 0.283 e. The third-order valence-corrected chi connectivity index (χ3v) is 2.55. The monoisotopic (exact) mass is 301 g/mol. The van der Waals surface area contributed by atoms with E-state index in [0.29, 0.717) is 17.6 Å². The van der Waals surface area contributed by atoms with Crippen LogP contribution >= 0.6 is 15.9 Å². The molecule has 0 saturated carbocycles. The van der Waals surface area contributed by atoms with Gasteiger partial charge in [-0.2, -0.15) is 0 Å². The van der Waals surface area contributed by atoms with Crippen LogP contribution in [0.1, 0.15) is 10.4 Å². The zero-order valence-electron chi connectivity index (χ0n) is 9.20. The van der Waals surface area contributed by atoms with Gasteiger partial charge < -0.3 is 10.6 Å². The summed E-state index contributed by atoms with van der Waals surface area (Å²) < 4.78 is 0.566. The van der Waals surface area contributed by atoms with Crippen LogP contribution in [0.15, 0.2) is 22.7 Å². The van der Waals surface area contributed by atoms with Gasteiger partial charge in [0.1, 0.15) is 5.56 Å². The Labute approximate surface area is 107 Å². The fourth-order valence-electron chi connectivity index (χ4n) is 1.24. The molecular formula is C10H12BrN3O3. The van der Waals surface area contributed by atoms with Gasteiger partial charge in [0.25, 0.3) is 11.6 Å². The summed E-state index contributed by atoms with van der Waals surface area (Å²) in [5, 5.41) is 16.3. The number of amides is 1. The van der Waals surface area contributed by atoms with E-state index in [-0.39, 0.29) is 11.3 Å². The Bertz CT molecular complexity index is 437. The van der Waals surface area contributed by atoms with Gasteiger partial charge >= 0.3 is 0 Å². The third-order valence-electron chi connectivity index (χ3n) is 2.06. The Morgan fingerprint density at radius 2 is 2.18 bits per heavy atom. The number of carbonyl (C=O) groups is 1. The second kappa shape index (κ2) is 6.31. The number of halogens is 1. The maximum absolute atomic E-state index is 11.7. The number of nitrogens with zero attached hydrogens (tertiary/aromatic N) is 1. The summed E-state index contributed by atoms with van der Waals surface area (Å²) in [7, 11) is 1.76. The number of nitrogens with one attached hydrogen (secondary N) is 2. The first-order chi connectivity index (χ1) is 8.06. The molecule has 0 spiro atoms. The van der Waals surface area contributed by atoms with Gasteiger partial charge in [-0.05, 0) is 19.2 Å². The van der Waals surface area contributed by atoms with Gasteiger partial charge in [0.05, 0.1) is 4.92 Å². The first-order valence-electron chi connectivity index (χ1n) is 4.93. The van der Waals surface area contributed by atoms with E-state index in [1.165, 1.54) is 12.1 Å². The number of nitro benzene ring substituents is 1.